The molecule has 5 aromatic rings. The number of likely N-dealkylation sites (tertiary alicyclic amines) is 1. The molecule has 0 unspecified atom stereocenters. The van der Waals surface area contributed by atoms with Crippen molar-refractivity contribution in [3.63, 3.8) is 0 Å². The standard InChI is InChI=1S/C44H45ClFN11O4/c1-47-34-23-38(52-57-37(25-49-40(34)57)41(59)50-33-22-31(33)46)55-15-9-29-28(3-2-4-35(29)55)32-8-6-27(24-48-32)53-17-11-44(12-18-53)13-19-54(20-14-44)42(60)26-5-7-30(45)36(21-26)56-16-10-39(58)51-43(56)61/h2-8,21,23-25,31,33,47H,9-20,22H2,1H3,(H,50,59)(H,51,58,61)/t31-,33+/m0/s1. The highest BCUT2D eigenvalue weighted by atomic mass is 35.5. The molecule has 1 aliphatic carbocycles. The van der Waals surface area contributed by atoms with Gasteiger partial charge >= 0.3 is 6.03 Å². The fourth-order valence-electron chi connectivity index (χ4n) is 9.38. The van der Waals surface area contributed by atoms with Gasteiger partial charge in [-0.15, -0.1) is 5.10 Å². The van der Waals surface area contributed by atoms with Crippen LogP contribution in [-0.2, 0) is 11.2 Å². The van der Waals surface area contributed by atoms with Gasteiger partial charge in [0.2, 0.25) is 5.91 Å². The van der Waals surface area contributed by atoms with Crippen molar-refractivity contribution in [2.24, 2.45) is 5.41 Å². The van der Waals surface area contributed by atoms with Crippen molar-refractivity contribution in [2.45, 2.75) is 57.2 Å². The van der Waals surface area contributed by atoms with Gasteiger partial charge in [0, 0.05) is 82.0 Å². The molecule has 3 saturated heterocycles. The van der Waals surface area contributed by atoms with Gasteiger partial charge in [0.25, 0.3) is 11.8 Å². The van der Waals surface area contributed by atoms with E-state index in [9.17, 15) is 23.6 Å². The second kappa shape index (κ2) is 15.3. The molecule has 5 amide bonds. The van der Waals surface area contributed by atoms with E-state index in [0.29, 0.717) is 53.8 Å². The third kappa shape index (κ3) is 7.15. The molecule has 0 radical (unpaired) electrons. The van der Waals surface area contributed by atoms with Crippen molar-refractivity contribution in [3.8, 4) is 11.3 Å². The molecule has 2 aromatic carbocycles. The van der Waals surface area contributed by atoms with Gasteiger partial charge < -0.3 is 25.3 Å². The van der Waals surface area contributed by atoms with E-state index in [2.05, 4.69) is 55.0 Å². The molecule has 3 aromatic heterocycles. The maximum atomic E-state index is 13.6. The molecule has 10 rings (SSSR count). The molecule has 4 fully saturated rings. The first-order chi connectivity index (χ1) is 29.6. The number of halogens is 2. The van der Waals surface area contributed by atoms with E-state index in [1.807, 2.05) is 23.2 Å². The van der Waals surface area contributed by atoms with E-state index >= 15 is 0 Å². The largest absolute Gasteiger partial charge is 0.385 e. The van der Waals surface area contributed by atoms with Crippen LogP contribution in [0.5, 0.6) is 0 Å². The number of carbonyl (C=O) groups excluding carboxylic acids is 4. The number of fused-ring (bicyclic) bond motifs is 2. The van der Waals surface area contributed by atoms with Gasteiger partial charge in [-0.2, -0.15) is 0 Å². The minimum absolute atomic E-state index is 0.0833. The van der Waals surface area contributed by atoms with E-state index in [4.69, 9.17) is 21.7 Å². The Balaban J connectivity index is 0.783. The number of nitrogens with zero attached hydrogens (tertiary/aromatic N) is 8. The molecule has 5 aliphatic rings. The second-order valence-corrected chi connectivity index (χ2v) is 17.1. The van der Waals surface area contributed by atoms with Crippen molar-refractivity contribution in [2.75, 3.05) is 66.3 Å². The van der Waals surface area contributed by atoms with Crippen molar-refractivity contribution < 1.29 is 23.6 Å². The maximum absolute atomic E-state index is 13.6. The average Bonchev–Trinajstić information content (AvgIpc) is 3.59. The number of urea groups is 1. The van der Waals surface area contributed by atoms with E-state index < -0.39 is 24.2 Å². The first kappa shape index (κ1) is 38.9. The number of benzene rings is 2. The Kier molecular flexibility index (Phi) is 9.76. The quantitative estimate of drug-likeness (QED) is 0.169. The molecule has 61 heavy (non-hydrogen) atoms. The molecule has 1 spiro atoms. The fraction of sp³-hybridized carbons (Fsp3) is 0.386. The monoisotopic (exact) mass is 845 g/mol. The van der Waals surface area contributed by atoms with E-state index in [-0.39, 0.29) is 35.9 Å². The van der Waals surface area contributed by atoms with Crippen molar-refractivity contribution in [3.05, 3.63) is 88.8 Å². The van der Waals surface area contributed by atoms with Gasteiger partial charge in [0.1, 0.15) is 6.17 Å². The Labute approximate surface area is 356 Å². The summed E-state index contributed by atoms with van der Waals surface area (Å²) in [6.45, 7) is 4.05. The number of pyridine rings is 1. The zero-order valence-electron chi connectivity index (χ0n) is 33.7. The highest BCUT2D eigenvalue weighted by Crippen LogP contribution is 2.44. The third-order valence-corrected chi connectivity index (χ3v) is 13.5. The Hall–Kier alpha value is -6.29. The van der Waals surface area contributed by atoms with Crippen LogP contribution in [0.25, 0.3) is 16.9 Å². The first-order valence-corrected chi connectivity index (χ1v) is 21.3. The zero-order valence-corrected chi connectivity index (χ0v) is 34.4. The highest BCUT2D eigenvalue weighted by molar-refractivity contribution is 6.34. The smallest absolute Gasteiger partial charge is 0.328 e. The SMILES string of the molecule is CNc1cc(N2CCc3c(-c4ccc(N5CCC6(CCN(C(=O)c7ccc(Cl)c(N8CCC(=O)NC8=O)c7)CC6)CC5)cn4)cccc32)nn2c(C(=O)N[C@@H]3C[C@@H]3F)cnc12. The molecular formula is C44H45ClFN11O4. The number of alkyl halides is 1. The molecule has 0 bridgehead atoms. The molecule has 4 aliphatic heterocycles. The number of carbonyl (C=O) groups is 4. The van der Waals surface area contributed by atoms with Gasteiger partial charge in [-0.05, 0) is 79.5 Å². The molecule has 1 saturated carbocycles. The molecule has 17 heteroatoms. The number of nitrogens with one attached hydrogen (secondary N) is 3. The zero-order chi connectivity index (χ0) is 42.0. The molecule has 15 nitrogen and oxygen atoms in total. The van der Waals surface area contributed by atoms with Gasteiger partial charge in [-0.3, -0.25) is 29.6 Å². The maximum Gasteiger partial charge on any atom is 0.328 e. The summed E-state index contributed by atoms with van der Waals surface area (Å²) in [5.41, 5.74) is 7.82. The number of hydrogen-bond acceptors (Lipinski definition) is 10. The highest BCUT2D eigenvalue weighted by Gasteiger charge is 2.40. The number of anilines is 5. The second-order valence-electron chi connectivity index (χ2n) is 16.7. The summed E-state index contributed by atoms with van der Waals surface area (Å²) in [6.07, 6.45) is 7.65. The van der Waals surface area contributed by atoms with Crippen LogP contribution < -0.4 is 30.7 Å². The van der Waals surface area contributed by atoms with Gasteiger partial charge in [0.15, 0.2) is 17.2 Å². The lowest BCUT2D eigenvalue weighted by molar-refractivity contribution is -0.120. The predicted octanol–water partition coefficient (Wildman–Crippen LogP) is 5.99. The summed E-state index contributed by atoms with van der Waals surface area (Å²) in [7, 11) is 1.80. The Morgan fingerprint density at radius 1 is 0.885 bits per heavy atom. The van der Waals surface area contributed by atoms with Crippen LogP contribution in [0, 0.1) is 5.41 Å². The van der Waals surface area contributed by atoms with Crippen LogP contribution in [-0.4, -0.2) is 107 Å². The lowest BCUT2D eigenvalue weighted by atomic mass is 9.71. The van der Waals surface area contributed by atoms with Gasteiger partial charge in [-0.1, -0.05) is 23.7 Å². The number of rotatable bonds is 8. The van der Waals surface area contributed by atoms with E-state index in [1.165, 1.54) is 21.2 Å². The van der Waals surface area contributed by atoms with E-state index in [0.717, 1.165) is 73.5 Å². The lowest BCUT2D eigenvalue weighted by Gasteiger charge is -2.47. The normalized spacial score (nSPS) is 20.8. The van der Waals surface area contributed by atoms with Crippen molar-refractivity contribution >= 4 is 69.6 Å². The van der Waals surface area contributed by atoms with Gasteiger partial charge in [-0.25, -0.2) is 18.7 Å². The van der Waals surface area contributed by atoms with Crippen molar-refractivity contribution in [1.29, 1.82) is 0 Å². The topological polar surface area (TPSA) is 160 Å². The number of amides is 5. The van der Waals surface area contributed by atoms with Crippen LogP contribution in [0.15, 0.2) is 67.0 Å². The lowest BCUT2D eigenvalue weighted by Crippen LogP contribution is -2.50. The van der Waals surface area contributed by atoms with Crippen LogP contribution in [0.4, 0.5) is 37.8 Å². The Bertz CT molecular complexity index is 2580. The molecular weight excluding hydrogens is 801 g/mol. The van der Waals surface area contributed by atoms with Crippen LogP contribution in [0.1, 0.15) is 64.9 Å². The summed E-state index contributed by atoms with van der Waals surface area (Å²) in [5, 5.41) is 13.5. The Morgan fingerprint density at radius 2 is 1.66 bits per heavy atom. The molecule has 3 N–H and O–H groups in total. The number of piperidine rings is 2. The van der Waals surface area contributed by atoms with Crippen LogP contribution in [0.3, 0.4) is 0 Å². The number of hydrogen-bond donors (Lipinski definition) is 3. The summed E-state index contributed by atoms with van der Waals surface area (Å²) >= 11 is 6.44. The Morgan fingerprint density at radius 3 is 2.38 bits per heavy atom. The predicted molar refractivity (Wildman–Crippen MR) is 230 cm³/mol. The van der Waals surface area contributed by atoms with Crippen molar-refractivity contribution in [1.82, 2.24) is 35.1 Å². The minimum atomic E-state index is -1.01. The minimum Gasteiger partial charge on any atom is -0.385 e. The summed E-state index contributed by atoms with van der Waals surface area (Å²) < 4.78 is 15.1. The number of imide groups is 1. The summed E-state index contributed by atoms with van der Waals surface area (Å²) in [4.78, 5) is 68.1. The molecule has 7 heterocycles. The summed E-state index contributed by atoms with van der Waals surface area (Å²) in [5.74, 6) is -0.148. The average molecular weight is 846 g/mol. The summed E-state index contributed by atoms with van der Waals surface area (Å²) in [6, 6.07) is 16.4. The fourth-order valence-corrected chi connectivity index (χ4v) is 9.60. The van der Waals surface area contributed by atoms with Crippen LogP contribution in [0.2, 0.25) is 5.02 Å². The number of aromatic nitrogens is 4. The molecule has 2 atom stereocenters. The first-order valence-electron chi connectivity index (χ1n) is 20.9. The van der Waals surface area contributed by atoms with Gasteiger partial charge in [0.05, 0.1) is 46.2 Å². The van der Waals surface area contributed by atoms with E-state index in [1.54, 1.807) is 25.2 Å². The van der Waals surface area contributed by atoms with Crippen LogP contribution >= 0.6 is 11.6 Å². The third-order valence-electron chi connectivity index (χ3n) is 13.2. The molecule has 314 valence electrons. The number of imidazole rings is 1.